The Labute approximate surface area is 126 Å². The molecule has 0 unspecified atom stereocenters. The Morgan fingerprint density at radius 2 is 2.14 bits per heavy atom. The number of fused-ring (bicyclic) bond motifs is 1. The SMILES string of the molecule is O=C(Cn1ncc(=O)c2ccccc21)N[C@@H]1CCS(=O)(=O)C1. The lowest BCUT2D eigenvalue weighted by Crippen LogP contribution is -2.38. The number of hydrogen-bond acceptors (Lipinski definition) is 5. The lowest BCUT2D eigenvalue weighted by molar-refractivity contribution is -0.122. The van der Waals surface area contributed by atoms with Crippen LogP contribution in [0.25, 0.3) is 10.9 Å². The van der Waals surface area contributed by atoms with E-state index in [-0.39, 0.29) is 35.4 Å². The first-order chi connectivity index (χ1) is 10.4. The summed E-state index contributed by atoms with van der Waals surface area (Å²) in [5, 5.41) is 7.17. The quantitative estimate of drug-likeness (QED) is 0.837. The highest BCUT2D eigenvalue weighted by molar-refractivity contribution is 7.91. The third-order valence-corrected chi connectivity index (χ3v) is 5.42. The highest BCUT2D eigenvalue weighted by Gasteiger charge is 2.28. The summed E-state index contributed by atoms with van der Waals surface area (Å²) in [4.78, 5) is 23.8. The van der Waals surface area contributed by atoms with Gasteiger partial charge in [-0.25, -0.2) is 8.42 Å². The van der Waals surface area contributed by atoms with Crippen molar-refractivity contribution in [2.24, 2.45) is 0 Å². The number of aromatic nitrogens is 2. The number of para-hydroxylation sites is 1. The van der Waals surface area contributed by atoms with Gasteiger partial charge >= 0.3 is 0 Å². The van der Waals surface area contributed by atoms with Crippen molar-refractivity contribution in [3.8, 4) is 0 Å². The number of hydrogen-bond donors (Lipinski definition) is 1. The van der Waals surface area contributed by atoms with E-state index in [1.807, 2.05) is 0 Å². The van der Waals surface area contributed by atoms with E-state index in [4.69, 9.17) is 0 Å². The van der Waals surface area contributed by atoms with Gasteiger partial charge in [0.15, 0.2) is 9.84 Å². The van der Waals surface area contributed by atoms with Crippen LogP contribution in [0.3, 0.4) is 0 Å². The van der Waals surface area contributed by atoms with Crippen LogP contribution in [0, 0.1) is 0 Å². The van der Waals surface area contributed by atoms with Crippen LogP contribution >= 0.6 is 0 Å². The van der Waals surface area contributed by atoms with Gasteiger partial charge in [0.1, 0.15) is 6.54 Å². The number of sulfone groups is 1. The molecule has 1 amide bonds. The zero-order valence-electron chi connectivity index (χ0n) is 11.7. The van der Waals surface area contributed by atoms with Crippen molar-refractivity contribution in [1.82, 2.24) is 15.1 Å². The topological polar surface area (TPSA) is 98.1 Å². The highest BCUT2D eigenvalue weighted by atomic mass is 32.2. The molecular formula is C14H15N3O4S. The van der Waals surface area contributed by atoms with Crippen LogP contribution in [0.15, 0.2) is 35.3 Å². The first-order valence-electron chi connectivity index (χ1n) is 6.89. The molecule has 1 fully saturated rings. The second kappa shape index (κ2) is 5.53. The lowest BCUT2D eigenvalue weighted by Gasteiger charge is -2.13. The molecule has 116 valence electrons. The number of carbonyl (C=O) groups excluding carboxylic acids is 1. The fourth-order valence-corrected chi connectivity index (χ4v) is 4.28. The third kappa shape index (κ3) is 3.01. The fourth-order valence-electron chi connectivity index (χ4n) is 2.61. The average molecular weight is 321 g/mol. The Hall–Kier alpha value is -2.22. The second-order valence-electron chi connectivity index (χ2n) is 5.35. The van der Waals surface area contributed by atoms with Gasteiger partial charge in [-0.2, -0.15) is 5.10 Å². The van der Waals surface area contributed by atoms with E-state index < -0.39 is 9.84 Å². The smallest absolute Gasteiger partial charge is 0.242 e. The zero-order valence-corrected chi connectivity index (χ0v) is 12.5. The largest absolute Gasteiger partial charge is 0.351 e. The van der Waals surface area contributed by atoms with Crippen molar-refractivity contribution in [2.75, 3.05) is 11.5 Å². The lowest BCUT2D eigenvalue weighted by atomic mass is 10.2. The molecule has 1 aromatic heterocycles. The maximum absolute atomic E-state index is 12.1. The number of amides is 1. The third-order valence-electron chi connectivity index (χ3n) is 3.65. The van der Waals surface area contributed by atoms with Gasteiger partial charge in [-0.15, -0.1) is 0 Å². The van der Waals surface area contributed by atoms with Crippen LogP contribution in [-0.4, -0.2) is 41.7 Å². The summed E-state index contributed by atoms with van der Waals surface area (Å²) < 4.78 is 24.2. The number of nitrogens with one attached hydrogen (secondary N) is 1. The molecule has 0 radical (unpaired) electrons. The molecular weight excluding hydrogens is 306 g/mol. The number of rotatable bonds is 3. The summed E-state index contributed by atoms with van der Waals surface area (Å²) in [5.41, 5.74) is 0.373. The van der Waals surface area contributed by atoms with Gasteiger partial charge in [0.05, 0.1) is 23.2 Å². The molecule has 1 aromatic carbocycles. The van der Waals surface area contributed by atoms with E-state index in [0.29, 0.717) is 17.3 Å². The van der Waals surface area contributed by atoms with Crippen molar-refractivity contribution < 1.29 is 13.2 Å². The van der Waals surface area contributed by atoms with Crippen molar-refractivity contribution >= 4 is 26.6 Å². The number of nitrogens with zero attached hydrogens (tertiary/aromatic N) is 2. The predicted octanol–water partition coefficient (Wildman–Crippen LogP) is -0.300. The first-order valence-corrected chi connectivity index (χ1v) is 8.71. The minimum Gasteiger partial charge on any atom is -0.351 e. The molecule has 7 nitrogen and oxygen atoms in total. The van der Waals surface area contributed by atoms with Crippen molar-refractivity contribution in [1.29, 1.82) is 0 Å². The fraction of sp³-hybridized carbons (Fsp3) is 0.357. The maximum atomic E-state index is 12.1. The molecule has 3 rings (SSSR count). The molecule has 1 aliphatic heterocycles. The van der Waals surface area contributed by atoms with E-state index in [2.05, 4.69) is 10.4 Å². The van der Waals surface area contributed by atoms with Gasteiger partial charge in [-0.1, -0.05) is 12.1 Å². The number of benzene rings is 1. The second-order valence-corrected chi connectivity index (χ2v) is 7.58. The van der Waals surface area contributed by atoms with Gasteiger partial charge in [0.25, 0.3) is 0 Å². The Kier molecular flexibility index (Phi) is 3.69. The summed E-state index contributed by atoms with van der Waals surface area (Å²) in [6.45, 7) is -0.0582. The summed E-state index contributed by atoms with van der Waals surface area (Å²) in [5.74, 6) is -0.225. The normalized spacial score (nSPS) is 20.1. The standard InChI is InChI=1S/C14H15N3O4S/c18-13-7-15-17(12-4-2-1-3-11(12)13)8-14(19)16-10-5-6-22(20,21)9-10/h1-4,7,10H,5-6,8-9H2,(H,16,19)/t10-/m1/s1. The monoisotopic (exact) mass is 321 g/mol. The van der Waals surface area contributed by atoms with Gasteiger partial charge in [-0.05, 0) is 18.6 Å². The van der Waals surface area contributed by atoms with Gasteiger partial charge in [-0.3, -0.25) is 14.3 Å². The minimum absolute atomic E-state index is 0.0168. The van der Waals surface area contributed by atoms with E-state index in [0.717, 1.165) is 0 Å². The van der Waals surface area contributed by atoms with E-state index in [1.165, 1.54) is 10.9 Å². The van der Waals surface area contributed by atoms with Crippen LogP contribution in [0.1, 0.15) is 6.42 Å². The molecule has 1 N–H and O–H groups in total. The Morgan fingerprint density at radius 1 is 1.36 bits per heavy atom. The van der Waals surface area contributed by atoms with E-state index >= 15 is 0 Å². The molecule has 22 heavy (non-hydrogen) atoms. The Balaban J connectivity index is 1.78. The zero-order chi connectivity index (χ0) is 15.7. The van der Waals surface area contributed by atoms with Crippen molar-refractivity contribution in [2.45, 2.75) is 19.0 Å². The summed E-state index contributed by atoms with van der Waals surface area (Å²) >= 11 is 0. The first kappa shape index (κ1) is 14.7. The van der Waals surface area contributed by atoms with Crippen molar-refractivity contribution in [3.63, 3.8) is 0 Å². The number of carbonyl (C=O) groups is 1. The van der Waals surface area contributed by atoms with Crippen LogP contribution in [0.4, 0.5) is 0 Å². The van der Waals surface area contributed by atoms with Gasteiger partial charge < -0.3 is 5.32 Å². The van der Waals surface area contributed by atoms with Gasteiger partial charge in [0.2, 0.25) is 11.3 Å². The average Bonchev–Trinajstić information content (AvgIpc) is 2.81. The summed E-state index contributed by atoms with van der Waals surface area (Å²) in [7, 11) is -3.03. The molecule has 0 aliphatic carbocycles. The molecule has 0 spiro atoms. The minimum atomic E-state index is -3.03. The molecule has 1 saturated heterocycles. The molecule has 8 heteroatoms. The molecule has 1 atom stereocenters. The summed E-state index contributed by atoms with van der Waals surface area (Å²) in [6, 6.07) is 6.57. The van der Waals surface area contributed by atoms with E-state index in [1.54, 1.807) is 24.3 Å². The van der Waals surface area contributed by atoms with E-state index in [9.17, 15) is 18.0 Å². The Bertz CT molecular complexity index is 888. The molecule has 2 aromatic rings. The Morgan fingerprint density at radius 3 is 2.86 bits per heavy atom. The van der Waals surface area contributed by atoms with Crippen LogP contribution < -0.4 is 10.7 Å². The molecule has 1 aliphatic rings. The molecule has 0 bridgehead atoms. The van der Waals surface area contributed by atoms with Crippen LogP contribution in [0.2, 0.25) is 0 Å². The van der Waals surface area contributed by atoms with Crippen LogP contribution in [-0.2, 0) is 21.2 Å². The molecule has 0 saturated carbocycles. The van der Waals surface area contributed by atoms with Crippen molar-refractivity contribution in [3.05, 3.63) is 40.7 Å². The molecule has 2 heterocycles. The van der Waals surface area contributed by atoms with Crippen LogP contribution in [0.5, 0.6) is 0 Å². The summed E-state index contributed by atoms with van der Waals surface area (Å²) in [6.07, 6.45) is 1.61. The van der Waals surface area contributed by atoms with Gasteiger partial charge in [0, 0.05) is 11.4 Å². The highest BCUT2D eigenvalue weighted by Crippen LogP contribution is 2.12. The maximum Gasteiger partial charge on any atom is 0.242 e. The predicted molar refractivity (Wildman–Crippen MR) is 81.2 cm³/mol.